The number of ether oxygens (including phenoxy) is 3. The topological polar surface area (TPSA) is 82.6 Å². The fourth-order valence-corrected chi connectivity index (χ4v) is 2.56. The molecular weight excluding hydrogens is 334 g/mol. The van der Waals surface area contributed by atoms with Gasteiger partial charge in [-0.1, -0.05) is 12.1 Å². The summed E-state index contributed by atoms with van der Waals surface area (Å²) in [5.74, 6) is 1.20. The maximum Gasteiger partial charge on any atom is 0.360 e. The zero-order valence-corrected chi connectivity index (χ0v) is 14.8. The fraction of sp³-hybridized carbons (Fsp3) is 0.211. The van der Waals surface area contributed by atoms with Gasteiger partial charge in [0.05, 0.1) is 32.4 Å². The molecule has 0 atom stereocenters. The van der Waals surface area contributed by atoms with E-state index < -0.39 is 5.97 Å². The number of benzene rings is 2. The molecule has 1 N–H and O–H groups in total. The lowest BCUT2D eigenvalue weighted by atomic mass is 10.2. The second-order valence-corrected chi connectivity index (χ2v) is 5.43. The number of carbonyl (C=O) groups excluding carboxylic acids is 1. The van der Waals surface area contributed by atoms with Crippen LogP contribution in [-0.2, 0) is 11.3 Å². The summed E-state index contributed by atoms with van der Waals surface area (Å²) < 4.78 is 15.5. The van der Waals surface area contributed by atoms with Crippen LogP contribution in [0, 0.1) is 0 Å². The molecule has 0 aliphatic carbocycles. The average Bonchev–Trinajstić information content (AvgIpc) is 2.70. The summed E-state index contributed by atoms with van der Waals surface area (Å²) in [5.41, 5.74) is 2.29. The van der Waals surface area contributed by atoms with Crippen LogP contribution in [0.3, 0.4) is 0 Å². The third kappa shape index (κ3) is 3.51. The second kappa shape index (κ2) is 7.69. The summed E-state index contributed by atoms with van der Waals surface area (Å²) in [6.45, 7) is 0.372. The van der Waals surface area contributed by atoms with E-state index in [1.165, 1.54) is 7.11 Å². The van der Waals surface area contributed by atoms with E-state index in [0.29, 0.717) is 34.9 Å². The molecule has 3 rings (SSSR count). The third-order valence-corrected chi connectivity index (χ3v) is 3.88. The van der Waals surface area contributed by atoms with Gasteiger partial charge in [-0.05, 0) is 30.3 Å². The average molecular weight is 353 g/mol. The Balaban J connectivity index is 1.96. The first-order valence-electron chi connectivity index (χ1n) is 7.96. The van der Waals surface area contributed by atoms with E-state index in [2.05, 4.69) is 15.3 Å². The van der Waals surface area contributed by atoms with Gasteiger partial charge in [-0.25, -0.2) is 14.8 Å². The Morgan fingerprint density at radius 1 is 1.00 bits per heavy atom. The van der Waals surface area contributed by atoms with Crippen molar-refractivity contribution in [1.82, 2.24) is 9.97 Å². The van der Waals surface area contributed by atoms with Crippen LogP contribution in [0.2, 0.25) is 0 Å². The van der Waals surface area contributed by atoms with E-state index in [1.807, 2.05) is 36.4 Å². The molecule has 3 aromatic rings. The van der Waals surface area contributed by atoms with Crippen LogP contribution < -0.4 is 14.8 Å². The van der Waals surface area contributed by atoms with Crippen molar-refractivity contribution in [2.75, 3.05) is 26.6 Å². The van der Waals surface area contributed by atoms with Crippen LogP contribution in [-0.4, -0.2) is 37.3 Å². The Morgan fingerprint density at radius 3 is 2.38 bits per heavy atom. The number of rotatable bonds is 6. The number of nitrogens with one attached hydrogen (secondary N) is 1. The summed E-state index contributed by atoms with van der Waals surface area (Å²) >= 11 is 0. The highest BCUT2D eigenvalue weighted by molar-refractivity contribution is 5.95. The van der Waals surface area contributed by atoms with Crippen molar-refractivity contribution in [1.29, 1.82) is 0 Å². The molecule has 26 heavy (non-hydrogen) atoms. The number of fused-ring (bicyclic) bond motifs is 1. The van der Waals surface area contributed by atoms with Gasteiger partial charge >= 0.3 is 5.97 Å². The zero-order chi connectivity index (χ0) is 18.5. The Kier molecular flexibility index (Phi) is 5.17. The Hall–Kier alpha value is -3.35. The number of esters is 1. The Morgan fingerprint density at radius 2 is 1.73 bits per heavy atom. The van der Waals surface area contributed by atoms with Gasteiger partial charge in [0, 0.05) is 12.1 Å². The molecule has 0 unspecified atom stereocenters. The predicted octanol–water partition coefficient (Wildman–Crippen LogP) is 3.05. The minimum atomic E-state index is -0.552. The SMILES string of the molecule is COC(=O)c1nc2ccccc2nc1NCc1cc(OC)ccc1OC. The molecule has 0 aliphatic rings. The number of hydrogen-bond acceptors (Lipinski definition) is 7. The molecule has 2 aromatic carbocycles. The van der Waals surface area contributed by atoms with Crippen molar-refractivity contribution in [2.24, 2.45) is 0 Å². The van der Waals surface area contributed by atoms with E-state index >= 15 is 0 Å². The number of para-hydroxylation sites is 2. The highest BCUT2D eigenvalue weighted by atomic mass is 16.5. The minimum absolute atomic E-state index is 0.132. The maximum absolute atomic E-state index is 12.1. The van der Waals surface area contributed by atoms with Crippen molar-refractivity contribution in [3.8, 4) is 11.5 Å². The molecular formula is C19H19N3O4. The van der Waals surface area contributed by atoms with Gasteiger partial charge in [0.25, 0.3) is 0 Å². The normalized spacial score (nSPS) is 10.4. The molecule has 0 radical (unpaired) electrons. The molecule has 0 spiro atoms. The summed E-state index contributed by atoms with van der Waals surface area (Å²) in [7, 11) is 4.51. The van der Waals surface area contributed by atoms with Gasteiger partial charge in [-0.2, -0.15) is 0 Å². The first-order chi connectivity index (χ1) is 12.7. The van der Waals surface area contributed by atoms with Crippen molar-refractivity contribution in [3.63, 3.8) is 0 Å². The van der Waals surface area contributed by atoms with E-state index in [1.54, 1.807) is 20.3 Å². The van der Waals surface area contributed by atoms with E-state index in [-0.39, 0.29) is 5.69 Å². The fourth-order valence-electron chi connectivity index (χ4n) is 2.56. The molecule has 7 heteroatoms. The van der Waals surface area contributed by atoms with Crippen LogP contribution in [0.5, 0.6) is 11.5 Å². The quantitative estimate of drug-likeness (QED) is 0.682. The highest BCUT2D eigenvalue weighted by Gasteiger charge is 2.17. The van der Waals surface area contributed by atoms with Gasteiger partial charge < -0.3 is 19.5 Å². The molecule has 0 saturated carbocycles. The summed E-state index contributed by atoms with van der Waals surface area (Å²) in [4.78, 5) is 21.0. The predicted molar refractivity (Wildman–Crippen MR) is 97.8 cm³/mol. The number of aromatic nitrogens is 2. The van der Waals surface area contributed by atoms with Crippen LogP contribution in [0.1, 0.15) is 16.1 Å². The molecule has 134 valence electrons. The summed E-state index contributed by atoms with van der Waals surface area (Å²) in [6, 6.07) is 12.8. The van der Waals surface area contributed by atoms with Crippen LogP contribution >= 0.6 is 0 Å². The zero-order valence-electron chi connectivity index (χ0n) is 14.8. The number of nitrogens with zero attached hydrogens (tertiary/aromatic N) is 2. The lowest BCUT2D eigenvalue weighted by molar-refractivity contribution is 0.0595. The summed E-state index contributed by atoms with van der Waals surface area (Å²) in [5, 5.41) is 3.15. The Bertz CT molecular complexity index is 943. The number of methoxy groups -OCH3 is 3. The molecule has 0 fully saturated rings. The summed E-state index contributed by atoms with van der Waals surface area (Å²) in [6.07, 6.45) is 0. The van der Waals surface area contributed by atoms with Gasteiger partial charge in [0.2, 0.25) is 0 Å². The molecule has 0 saturated heterocycles. The highest BCUT2D eigenvalue weighted by Crippen LogP contribution is 2.25. The monoisotopic (exact) mass is 353 g/mol. The van der Waals surface area contributed by atoms with Crippen molar-refractivity contribution < 1.29 is 19.0 Å². The van der Waals surface area contributed by atoms with Crippen molar-refractivity contribution in [2.45, 2.75) is 6.54 Å². The molecule has 0 aliphatic heterocycles. The lowest BCUT2D eigenvalue weighted by Crippen LogP contribution is -2.13. The van der Waals surface area contributed by atoms with Gasteiger partial charge in [0.1, 0.15) is 11.5 Å². The van der Waals surface area contributed by atoms with Gasteiger partial charge in [0.15, 0.2) is 11.5 Å². The largest absolute Gasteiger partial charge is 0.497 e. The van der Waals surface area contributed by atoms with Crippen LogP contribution in [0.25, 0.3) is 11.0 Å². The van der Waals surface area contributed by atoms with E-state index in [4.69, 9.17) is 14.2 Å². The van der Waals surface area contributed by atoms with Crippen LogP contribution in [0.4, 0.5) is 5.82 Å². The first-order valence-corrected chi connectivity index (χ1v) is 7.96. The van der Waals surface area contributed by atoms with Gasteiger partial charge in [-0.3, -0.25) is 0 Å². The van der Waals surface area contributed by atoms with E-state index in [9.17, 15) is 4.79 Å². The molecule has 1 aromatic heterocycles. The second-order valence-electron chi connectivity index (χ2n) is 5.43. The molecule has 1 heterocycles. The minimum Gasteiger partial charge on any atom is -0.497 e. The van der Waals surface area contributed by atoms with Crippen molar-refractivity contribution >= 4 is 22.8 Å². The van der Waals surface area contributed by atoms with E-state index in [0.717, 1.165) is 5.56 Å². The number of anilines is 1. The molecule has 0 bridgehead atoms. The molecule has 0 amide bonds. The lowest BCUT2D eigenvalue weighted by Gasteiger charge is -2.13. The Labute approximate surface area is 150 Å². The maximum atomic E-state index is 12.1. The number of hydrogen-bond donors (Lipinski definition) is 1. The third-order valence-electron chi connectivity index (χ3n) is 3.88. The van der Waals surface area contributed by atoms with Gasteiger partial charge in [-0.15, -0.1) is 0 Å². The standard InChI is InChI=1S/C19H19N3O4/c1-24-13-8-9-16(25-2)12(10-13)11-20-18-17(19(23)26-3)21-14-6-4-5-7-15(14)22-18/h4-10H,11H2,1-3H3,(H,20,22). The van der Waals surface area contributed by atoms with Crippen molar-refractivity contribution in [3.05, 3.63) is 53.7 Å². The smallest absolute Gasteiger partial charge is 0.360 e. The number of carbonyl (C=O) groups is 1. The molecule has 7 nitrogen and oxygen atoms in total. The first kappa shape index (κ1) is 17.5. The van der Waals surface area contributed by atoms with Crippen LogP contribution in [0.15, 0.2) is 42.5 Å².